The highest BCUT2D eigenvalue weighted by Crippen LogP contribution is 2.47. The zero-order valence-electron chi connectivity index (χ0n) is 17.8. The average molecular weight is 427 g/mol. The first-order chi connectivity index (χ1) is 13.8. The predicted octanol–water partition coefficient (Wildman–Crippen LogP) is 4.77. The minimum Gasteiger partial charge on any atom is -0.369 e. The maximum absolute atomic E-state index is 14.9. The standard InChI is InChI=1S/C22H29F4N3O/c1-20(2)18(30)29(4)19(27)28-21(20,3)16-12-14(7-10-17(16)23)11-13-5-8-15(9-6-13)22(24,25)26/h7,10,12-13,15H,5-6,8-9,11H2,1-4H3,(H2,27,28)/t13?,15?,21-/m1/s1. The van der Waals surface area contributed by atoms with Gasteiger partial charge in [-0.15, -0.1) is 0 Å². The Balaban J connectivity index is 1.87. The second-order valence-electron chi connectivity index (χ2n) is 9.31. The van der Waals surface area contributed by atoms with Gasteiger partial charge in [0.2, 0.25) is 5.91 Å². The van der Waals surface area contributed by atoms with Crippen molar-refractivity contribution < 1.29 is 22.4 Å². The maximum atomic E-state index is 14.9. The Hall–Kier alpha value is -2.12. The Labute approximate surface area is 174 Å². The smallest absolute Gasteiger partial charge is 0.369 e. The topological polar surface area (TPSA) is 58.7 Å². The number of rotatable bonds is 3. The normalized spacial score (nSPS) is 29.7. The quantitative estimate of drug-likeness (QED) is 0.707. The summed E-state index contributed by atoms with van der Waals surface area (Å²) < 4.78 is 53.6. The molecule has 1 saturated carbocycles. The van der Waals surface area contributed by atoms with Gasteiger partial charge < -0.3 is 5.73 Å². The Kier molecular flexibility index (Phi) is 5.67. The van der Waals surface area contributed by atoms with Crippen LogP contribution in [0.2, 0.25) is 0 Å². The largest absolute Gasteiger partial charge is 0.391 e. The van der Waals surface area contributed by atoms with E-state index in [0.717, 1.165) is 5.56 Å². The molecule has 0 radical (unpaired) electrons. The zero-order chi connectivity index (χ0) is 22.5. The summed E-state index contributed by atoms with van der Waals surface area (Å²) in [6.07, 6.45) is -2.31. The summed E-state index contributed by atoms with van der Waals surface area (Å²) in [7, 11) is 1.53. The number of carbonyl (C=O) groups excluding carboxylic acids is 1. The first kappa shape index (κ1) is 22.6. The summed E-state index contributed by atoms with van der Waals surface area (Å²) in [5.41, 5.74) is 4.81. The maximum Gasteiger partial charge on any atom is 0.391 e. The van der Waals surface area contributed by atoms with E-state index in [1.807, 2.05) is 0 Å². The van der Waals surface area contributed by atoms with E-state index >= 15 is 0 Å². The molecule has 0 saturated heterocycles. The van der Waals surface area contributed by atoms with Crippen LogP contribution in [0.3, 0.4) is 0 Å². The molecule has 1 aliphatic carbocycles. The van der Waals surface area contributed by atoms with Gasteiger partial charge in [0.15, 0.2) is 5.96 Å². The third-order valence-electron chi connectivity index (χ3n) is 7.13. The van der Waals surface area contributed by atoms with E-state index < -0.39 is 28.9 Å². The fourth-order valence-electron chi connectivity index (χ4n) is 4.67. The lowest BCUT2D eigenvalue weighted by Crippen LogP contribution is -2.58. The molecule has 0 unspecified atom stereocenters. The molecular weight excluding hydrogens is 398 g/mol. The van der Waals surface area contributed by atoms with E-state index in [1.54, 1.807) is 32.9 Å². The number of guanidine groups is 1. The summed E-state index contributed by atoms with van der Waals surface area (Å²) >= 11 is 0. The number of aliphatic imine (C=N–C) groups is 1. The van der Waals surface area contributed by atoms with E-state index in [4.69, 9.17) is 5.73 Å². The molecule has 1 atom stereocenters. The molecule has 0 bridgehead atoms. The van der Waals surface area contributed by atoms with Crippen LogP contribution in [0.25, 0.3) is 0 Å². The summed E-state index contributed by atoms with van der Waals surface area (Å²) in [6, 6.07) is 4.71. The van der Waals surface area contributed by atoms with Crippen LogP contribution in [0, 0.1) is 23.1 Å². The van der Waals surface area contributed by atoms with Gasteiger partial charge in [-0.2, -0.15) is 13.2 Å². The monoisotopic (exact) mass is 427 g/mol. The lowest BCUT2D eigenvalue weighted by Gasteiger charge is -2.46. The minimum atomic E-state index is -4.13. The SMILES string of the molecule is CN1C(=O)C(C)(C)[C@@](C)(c2cc(CC3CCC(C(F)(F)F)CC3)ccc2F)N=C1N. The summed E-state index contributed by atoms with van der Waals surface area (Å²) in [5, 5.41) is 0. The number of hydrogen-bond acceptors (Lipinski definition) is 3. The molecule has 0 spiro atoms. The van der Waals surface area contributed by atoms with Crippen molar-refractivity contribution in [1.29, 1.82) is 0 Å². The molecule has 166 valence electrons. The highest BCUT2D eigenvalue weighted by atomic mass is 19.4. The van der Waals surface area contributed by atoms with Crippen LogP contribution in [0.15, 0.2) is 23.2 Å². The molecule has 4 nitrogen and oxygen atoms in total. The Morgan fingerprint density at radius 3 is 2.33 bits per heavy atom. The van der Waals surface area contributed by atoms with Crippen molar-refractivity contribution >= 4 is 11.9 Å². The molecule has 30 heavy (non-hydrogen) atoms. The molecule has 1 aromatic rings. The molecule has 8 heteroatoms. The molecule has 0 aromatic heterocycles. The lowest BCUT2D eigenvalue weighted by molar-refractivity contribution is -0.183. The van der Waals surface area contributed by atoms with Gasteiger partial charge in [-0.25, -0.2) is 9.38 Å². The minimum absolute atomic E-state index is 0.0251. The van der Waals surface area contributed by atoms with Gasteiger partial charge in [0, 0.05) is 12.6 Å². The van der Waals surface area contributed by atoms with E-state index in [0.29, 0.717) is 19.3 Å². The second kappa shape index (κ2) is 7.54. The molecule has 2 N–H and O–H groups in total. The van der Waals surface area contributed by atoms with Crippen LogP contribution in [-0.4, -0.2) is 30.0 Å². The number of hydrogen-bond donors (Lipinski definition) is 1. The Morgan fingerprint density at radius 2 is 1.77 bits per heavy atom. The van der Waals surface area contributed by atoms with E-state index in [2.05, 4.69) is 4.99 Å². The molecular formula is C22H29F4N3O. The van der Waals surface area contributed by atoms with E-state index in [1.165, 1.54) is 18.0 Å². The average Bonchev–Trinajstić information content (AvgIpc) is 2.66. The van der Waals surface area contributed by atoms with Gasteiger partial charge >= 0.3 is 6.18 Å². The first-order valence-corrected chi connectivity index (χ1v) is 10.3. The van der Waals surface area contributed by atoms with Gasteiger partial charge in [-0.05, 0) is 70.4 Å². The highest BCUT2D eigenvalue weighted by molar-refractivity contribution is 6.01. The van der Waals surface area contributed by atoms with Crippen molar-refractivity contribution in [1.82, 2.24) is 4.90 Å². The molecule has 3 rings (SSSR count). The zero-order valence-corrected chi connectivity index (χ0v) is 17.8. The van der Waals surface area contributed by atoms with Crippen molar-refractivity contribution in [3.8, 4) is 0 Å². The van der Waals surface area contributed by atoms with Gasteiger partial charge in [0.25, 0.3) is 0 Å². The highest BCUT2D eigenvalue weighted by Gasteiger charge is 2.53. The first-order valence-electron chi connectivity index (χ1n) is 10.3. The van der Waals surface area contributed by atoms with Crippen molar-refractivity contribution in [2.75, 3.05) is 7.05 Å². The molecule has 1 amide bonds. The van der Waals surface area contributed by atoms with E-state index in [-0.39, 0.29) is 36.2 Å². The number of benzene rings is 1. The predicted molar refractivity (Wildman–Crippen MR) is 107 cm³/mol. The van der Waals surface area contributed by atoms with Crippen LogP contribution in [0.1, 0.15) is 57.6 Å². The second-order valence-corrected chi connectivity index (χ2v) is 9.31. The molecule has 1 fully saturated rings. The van der Waals surface area contributed by atoms with Crippen LogP contribution in [0.4, 0.5) is 17.6 Å². The Morgan fingerprint density at radius 1 is 1.17 bits per heavy atom. The number of nitrogens with zero attached hydrogens (tertiary/aromatic N) is 2. The van der Waals surface area contributed by atoms with Crippen LogP contribution >= 0.6 is 0 Å². The fraction of sp³-hybridized carbons (Fsp3) is 0.636. The number of halogens is 4. The van der Waals surface area contributed by atoms with Crippen molar-refractivity contribution in [2.24, 2.45) is 28.0 Å². The summed E-state index contributed by atoms with van der Waals surface area (Å²) in [4.78, 5) is 18.6. The molecule has 1 heterocycles. The summed E-state index contributed by atoms with van der Waals surface area (Å²) in [6.45, 7) is 5.13. The van der Waals surface area contributed by atoms with E-state index in [9.17, 15) is 22.4 Å². The van der Waals surface area contributed by atoms with Crippen LogP contribution in [-0.2, 0) is 16.8 Å². The summed E-state index contributed by atoms with van der Waals surface area (Å²) in [5.74, 6) is -1.82. The fourth-order valence-corrected chi connectivity index (χ4v) is 4.67. The number of carbonyl (C=O) groups is 1. The van der Waals surface area contributed by atoms with Gasteiger partial charge in [0.05, 0.1) is 11.3 Å². The van der Waals surface area contributed by atoms with Crippen molar-refractivity contribution in [3.05, 3.63) is 35.1 Å². The van der Waals surface area contributed by atoms with Gasteiger partial charge in [-0.1, -0.05) is 12.1 Å². The van der Waals surface area contributed by atoms with Crippen LogP contribution in [0.5, 0.6) is 0 Å². The molecule has 2 aliphatic rings. The lowest BCUT2D eigenvalue weighted by atomic mass is 9.67. The third-order valence-corrected chi connectivity index (χ3v) is 7.13. The van der Waals surface area contributed by atoms with Crippen molar-refractivity contribution in [3.63, 3.8) is 0 Å². The van der Waals surface area contributed by atoms with Crippen molar-refractivity contribution in [2.45, 2.75) is 64.6 Å². The number of alkyl halides is 3. The third kappa shape index (κ3) is 3.81. The number of amides is 1. The van der Waals surface area contributed by atoms with Crippen LogP contribution < -0.4 is 5.73 Å². The molecule has 1 aromatic carbocycles. The van der Waals surface area contributed by atoms with Gasteiger partial charge in [0.1, 0.15) is 11.4 Å². The van der Waals surface area contributed by atoms with Gasteiger partial charge in [-0.3, -0.25) is 9.69 Å². The Bertz CT molecular complexity index is 856. The molecule has 1 aliphatic heterocycles. The number of nitrogens with two attached hydrogens (primary N) is 1.